The van der Waals surface area contributed by atoms with Crippen molar-refractivity contribution in [2.24, 2.45) is 5.92 Å². The number of hydrogen-bond acceptors (Lipinski definition) is 4. The molecule has 7 nitrogen and oxygen atoms in total. The summed E-state index contributed by atoms with van der Waals surface area (Å²) in [5.41, 5.74) is 0.386. The zero-order valence-corrected chi connectivity index (χ0v) is 13.8. The molecule has 1 aromatic heterocycles. The predicted octanol–water partition coefficient (Wildman–Crippen LogP) is 0.857. The van der Waals surface area contributed by atoms with Gasteiger partial charge in [0.15, 0.2) is 5.82 Å². The molecule has 0 bridgehead atoms. The zero-order valence-electron chi connectivity index (χ0n) is 13.8. The van der Waals surface area contributed by atoms with Gasteiger partial charge in [-0.2, -0.15) is 0 Å². The number of imidazole rings is 1. The number of rotatable bonds is 4. The number of hydrogen-bond donors (Lipinski definition) is 0. The topological polar surface area (TPSA) is 67.7 Å². The van der Waals surface area contributed by atoms with Crippen LogP contribution in [0.3, 0.4) is 0 Å². The van der Waals surface area contributed by atoms with E-state index >= 15 is 0 Å². The van der Waals surface area contributed by atoms with Gasteiger partial charge in [0, 0.05) is 52.6 Å². The van der Waals surface area contributed by atoms with Crippen molar-refractivity contribution in [3.63, 3.8) is 0 Å². The number of likely N-dealkylation sites (N-methyl/N-ethyl adjacent to an activating group) is 1. The van der Waals surface area contributed by atoms with Crippen LogP contribution >= 0.6 is 0 Å². The predicted molar refractivity (Wildman–Crippen MR) is 84.3 cm³/mol. The summed E-state index contributed by atoms with van der Waals surface area (Å²) in [6.07, 6.45) is 3.63. The SMILES string of the molecule is CCN1CCn2cc(C(=O)N3CCC(COC)CC3)nc2C1=O. The van der Waals surface area contributed by atoms with Crippen LogP contribution in [0, 0.1) is 5.92 Å². The Kier molecular flexibility index (Phi) is 4.66. The first-order valence-electron chi connectivity index (χ1n) is 8.28. The number of aromatic nitrogens is 2. The lowest BCUT2D eigenvalue weighted by molar-refractivity contribution is 0.0608. The van der Waals surface area contributed by atoms with E-state index in [0.29, 0.717) is 37.1 Å². The molecule has 3 heterocycles. The first-order chi connectivity index (χ1) is 11.1. The van der Waals surface area contributed by atoms with Crippen LogP contribution in [0.25, 0.3) is 0 Å². The molecule has 23 heavy (non-hydrogen) atoms. The lowest BCUT2D eigenvalue weighted by Crippen LogP contribution is -2.40. The first-order valence-corrected chi connectivity index (χ1v) is 8.28. The summed E-state index contributed by atoms with van der Waals surface area (Å²) in [4.78, 5) is 32.8. The number of fused-ring (bicyclic) bond motifs is 1. The quantitative estimate of drug-likeness (QED) is 0.825. The van der Waals surface area contributed by atoms with Crippen LogP contribution in [-0.2, 0) is 11.3 Å². The molecule has 1 fully saturated rings. The Morgan fingerprint density at radius 3 is 2.70 bits per heavy atom. The molecule has 2 amide bonds. The van der Waals surface area contributed by atoms with Gasteiger partial charge in [0.2, 0.25) is 0 Å². The second-order valence-corrected chi connectivity index (χ2v) is 6.22. The molecule has 3 rings (SSSR count). The Labute approximate surface area is 136 Å². The van der Waals surface area contributed by atoms with Gasteiger partial charge in [0.05, 0.1) is 0 Å². The number of amides is 2. The second kappa shape index (κ2) is 6.70. The van der Waals surface area contributed by atoms with Crippen LogP contribution in [0.2, 0.25) is 0 Å². The fourth-order valence-corrected chi connectivity index (χ4v) is 3.33. The van der Waals surface area contributed by atoms with E-state index in [2.05, 4.69) is 4.98 Å². The summed E-state index contributed by atoms with van der Waals surface area (Å²) < 4.78 is 6.99. The molecule has 0 spiro atoms. The van der Waals surface area contributed by atoms with E-state index in [1.165, 1.54) is 0 Å². The Bertz CT molecular complexity index is 590. The Hall–Kier alpha value is -1.89. The minimum atomic E-state index is -0.0865. The van der Waals surface area contributed by atoms with Gasteiger partial charge in [-0.05, 0) is 25.7 Å². The second-order valence-electron chi connectivity index (χ2n) is 6.22. The molecule has 0 aliphatic carbocycles. The van der Waals surface area contributed by atoms with Crippen molar-refractivity contribution >= 4 is 11.8 Å². The van der Waals surface area contributed by atoms with Crippen LogP contribution in [0.1, 0.15) is 40.9 Å². The molecule has 2 aliphatic rings. The van der Waals surface area contributed by atoms with Gasteiger partial charge in [-0.3, -0.25) is 9.59 Å². The Morgan fingerprint density at radius 2 is 2.04 bits per heavy atom. The third-order valence-corrected chi connectivity index (χ3v) is 4.77. The minimum Gasteiger partial charge on any atom is -0.384 e. The van der Waals surface area contributed by atoms with Crippen molar-refractivity contribution < 1.29 is 14.3 Å². The molecule has 2 aliphatic heterocycles. The van der Waals surface area contributed by atoms with Crippen molar-refractivity contribution in [3.8, 4) is 0 Å². The van der Waals surface area contributed by atoms with Crippen LogP contribution in [0.4, 0.5) is 0 Å². The van der Waals surface area contributed by atoms with Gasteiger partial charge in [0.1, 0.15) is 5.69 Å². The van der Waals surface area contributed by atoms with E-state index < -0.39 is 0 Å². The number of carbonyl (C=O) groups excluding carboxylic acids is 2. The molecule has 0 atom stereocenters. The van der Waals surface area contributed by atoms with Crippen molar-refractivity contribution in [2.75, 3.05) is 39.9 Å². The van der Waals surface area contributed by atoms with Crippen molar-refractivity contribution in [2.45, 2.75) is 26.3 Å². The summed E-state index contributed by atoms with van der Waals surface area (Å²) in [5, 5.41) is 0. The maximum absolute atomic E-state index is 12.6. The number of piperidine rings is 1. The number of methoxy groups -OCH3 is 1. The molecule has 1 aromatic rings. The maximum Gasteiger partial charge on any atom is 0.289 e. The third kappa shape index (κ3) is 3.10. The number of ether oxygens (including phenoxy) is 1. The molecule has 0 unspecified atom stereocenters. The van der Waals surface area contributed by atoms with Gasteiger partial charge in [-0.25, -0.2) is 4.98 Å². The first kappa shape index (κ1) is 16.0. The van der Waals surface area contributed by atoms with E-state index in [1.807, 2.05) is 11.8 Å². The van der Waals surface area contributed by atoms with E-state index in [4.69, 9.17) is 4.74 Å². The highest BCUT2D eigenvalue weighted by Crippen LogP contribution is 2.20. The monoisotopic (exact) mass is 320 g/mol. The zero-order chi connectivity index (χ0) is 16.4. The van der Waals surface area contributed by atoms with Gasteiger partial charge in [-0.15, -0.1) is 0 Å². The lowest BCUT2D eigenvalue weighted by atomic mass is 9.97. The average molecular weight is 320 g/mol. The molecular weight excluding hydrogens is 296 g/mol. The molecule has 126 valence electrons. The third-order valence-electron chi connectivity index (χ3n) is 4.77. The van der Waals surface area contributed by atoms with Crippen LogP contribution in [0.5, 0.6) is 0 Å². The molecule has 0 N–H and O–H groups in total. The highest BCUT2D eigenvalue weighted by molar-refractivity contribution is 5.96. The van der Waals surface area contributed by atoms with E-state index in [0.717, 1.165) is 32.5 Å². The highest BCUT2D eigenvalue weighted by atomic mass is 16.5. The Morgan fingerprint density at radius 1 is 1.30 bits per heavy atom. The summed E-state index contributed by atoms with van der Waals surface area (Å²) in [5.74, 6) is 0.755. The smallest absolute Gasteiger partial charge is 0.289 e. The summed E-state index contributed by atoms with van der Waals surface area (Å²) >= 11 is 0. The largest absolute Gasteiger partial charge is 0.384 e. The molecular formula is C16H24N4O3. The summed E-state index contributed by atoms with van der Waals surface area (Å²) in [6.45, 7) is 6.20. The number of likely N-dealkylation sites (tertiary alicyclic amines) is 1. The molecule has 7 heteroatoms. The minimum absolute atomic E-state index is 0.0707. The van der Waals surface area contributed by atoms with Gasteiger partial charge in [0.25, 0.3) is 11.8 Å². The fraction of sp³-hybridized carbons (Fsp3) is 0.688. The summed E-state index contributed by atoms with van der Waals surface area (Å²) in [7, 11) is 1.71. The van der Waals surface area contributed by atoms with Crippen molar-refractivity contribution in [1.82, 2.24) is 19.4 Å². The van der Waals surface area contributed by atoms with Gasteiger partial charge < -0.3 is 19.1 Å². The van der Waals surface area contributed by atoms with Crippen molar-refractivity contribution in [3.05, 3.63) is 17.7 Å². The van der Waals surface area contributed by atoms with Crippen LogP contribution in [0.15, 0.2) is 6.20 Å². The lowest BCUT2D eigenvalue weighted by Gasteiger charge is -2.31. The number of nitrogens with zero attached hydrogens (tertiary/aromatic N) is 4. The van der Waals surface area contributed by atoms with Gasteiger partial charge >= 0.3 is 0 Å². The average Bonchev–Trinajstić information content (AvgIpc) is 3.01. The van der Waals surface area contributed by atoms with E-state index in [1.54, 1.807) is 22.8 Å². The van der Waals surface area contributed by atoms with Crippen molar-refractivity contribution in [1.29, 1.82) is 0 Å². The summed E-state index contributed by atoms with van der Waals surface area (Å²) in [6, 6.07) is 0. The molecule has 1 saturated heterocycles. The molecule has 0 saturated carbocycles. The van der Waals surface area contributed by atoms with E-state index in [9.17, 15) is 9.59 Å². The molecule has 0 aromatic carbocycles. The highest BCUT2D eigenvalue weighted by Gasteiger charge is 2.30. The van der Waals surface area contributed by atoms with Crippen LogP contribution < -0.4 is 0 Å². The fourth-order valence-electron chi connectivity index (χ4n) is 3.33. The Balaban J connectivity index is 1.69. The maximum atomic E-state index is 12.6. The van der Waals surface area contributed by atoms with Crippen LogP contribution in [-0.4, -0.2) is 71.1 Å². The standard InChI is InChI=1S/C16H24N4O3/c1-3-18-8-9-20-10-13(17-14(20)16(18)22)15(21)19-6-4-12(5-7-19)11-23-2/h10,12H,3-9,11H2,1-2H3. The normalized spacial score (nSPS) is 19.1. The number of carbonyl (C=O) groups is 2. The molecule has 0 radical (unpaired) electrons. The van der Waals surface area contributed by atoms with Gasteiger partial charge in [-0.1, -0.05) is 0 Å². The van der Waals surface area contributed by atoms with E-state index in [-0.39, 0.29) is 11.8 Å².